The Morgan fingerprint density at radius 3 is 2.82 bits per heavy atom. The van der Waals surface area contributed by atoms with Crippen LogP contribution in [0.5, 0.6) is 0 Å². The average Bonchev–Trinajstić information content (AvgIpc) is 2.71. The lowest BCUT2D eigenvalue weighted by Crippen LogP contribution is -2.22. The molecule has 90 valence electrons. The maximum atomic E-state index is 5.93. The molecule has 0 saturated heterocycles. The van der Waals surface area contributed by atoms with E-state index < -0.39 is 0 Å². The summed E-state index contributed by atoms with van der Waals surface area (Å²) in [5, 5.41) is 4.59. The predicted octanol–water partition coefficient (Wildman–Crippen LogP) is 3.88. The van der Waals surface area contributed by atoms with Gasteiger partial charge in [0, 0.05) is 5.39 Å². The van der Waals surface area contributed by atoms with E-state index in [1.54, 1.807) is 0 Å². The molecule has 1 fully saturated rings. The molecule has 3 rings (SSSR count). The van der Waals surface area contributed by atoms with Gasteiger partial charge in [0.2, 0.25) is 0 Å². The molecule has 0 bridgehead atoms. The quantitative estimate of drug-likeness (QED) is 0.860. The maximum Gasteiger partial charge on any atom is 0.134 e. The predicted molar refractivity (Wildman–Crippen MR) is 70.0 cm³/mol. The van der Waals surface area contributed by atoms with Crippen molar-refractivity contribution in [1.29, 1.82) is 0 Å². The number of rotatable bonds is 4. The molecule has 1 aliphatic rings. The fourth-order valence-corrected chi connectivity index (χ4v) is 2.61. The summed E-state index contributed by atoms with van der Waals surface area (Å²) in [6.45, 7) is 0. The minimum Gasteiger partial charge on any atom is -0.459 e. The highest BCUT2D eigenvalue weighted by Gasteiger charge is 2.24. The molecule has 0 amide bonds. The van der Waals surface area contributed by atoms with Gasteiger partial charge in [-0.2, -0.15) is 0 Å². The van der Waals surface area contributed by atoms with Crippen molar-refractivity contribution in [2.75, 3.05) is 7.05 Å². The summed E-state index contributed by atoms with van der Waals surface area (Å²) in [5.41, 5.74) is 0.997. The van der Waals surface area contributed by atoms with Gasteiger partial charge < -0.3 is 9.73 Å². The second-order valence-corrected chi connectivity index (χ2v) is 5.06. The van der Waals surface area contributed by atoms with Crippen molar-refractivity contribution in [3.8, 4) is 0 Å². The number of hydrogen-bond acceptors (Lipinski definition) is 2. The van der Waals surface area contributed by atoms with Crippen LogP contribution in [-0.2, 0) is 0 Å². The fourth-order valence-electron chi connectivity index (χ4n) is 2.61. The van der Waals surface area contributed by atoms with Crippen LogP contribution in [-0.4, -0.2) is 7.05 Å². The van der Waals surface area contributed by atoms with E-state index in [0.29, 0.717) is 6.04 Å². The normalized spacial score (nSPS) is 18.2. The monoisotopic (exact) mass is 229 g/mol. The molecule has 17 heavy (non-hydrogen) atoms. The van der Waals surface area contributed by atoms with Gasteiger partial charge >= 0.3 is 0 Å². The third-order valence-corrected chi connectivity index (χ3v) is 3.93. The number of nitrogens with one attached hydrogen (secondary N) is 1. The van der Waals surface area contributed by atoms with Crippen LogP contribution in [0.2, 0.25) is 0 Å². The molecular weight excluding hydrogens is 210 g/mol. The fraction of sp³-hybridized carbons (Fsp3) is 0.467. The Balaban J connectivity index is 1.84. The first-order valence-electron chi connectivity index (χ1n) is 6.52. The van der Waals surface area contributed by atoms with Gasteiger partial charge in [-0.3, -0.25) is 0 Å². The first kappa shape index (κ1) is 10.8. The van der Waals surface area contributed by atoms with Crippen molar-refractivity contribution in [2.24, 2.45) is 5.92 Å². The lowest BCUT2D eigenvalue weighted by molar-refractivity contribution is 0.253. The van der Waals surface area contributed by atoms with Crippen LogP contribution < -0.4 is 5.32 Å². The molecular formula is C15H19NO. The van der Waals surface area contributed by atoms with E-state index in [2.05, 4.69) is 23.5 Å². The van der Waals surface area contributed by atoms with Crippen molar-refractivity contribution in [3.63, 3.8) is 0 Å². The molecule has 2 aromatic rings. The van der Waals surface area contributed by atoms with Crippen LogP contribution in [0, 0.1) is 5.92 Å². The molecule has 1 heterocycles. The summed E-state index contributed by atoms with van der Waals surface area (Å²) in [6, 6.07) is 10.8. The molecule has 2 heteroatoms. The Hall–Kier alpha value is -1.28. The van der Waals surface area contributed by atoms with Gasteiger partial charge in [-0.1, -0.05) is 37.5 Å². The molecule has 2 nitrogen and oxygen atoms in total. The molecule has 1 unspecified atom stereocenters. The average molecular weight is 229 g/mol. The van der Waals surface area contributed by atoms with Crippen LogP contribution >= 0.6 is 0 Å². The van der Waals surface area contributed by atoms with E-state index in [9.17, 15) is 0 Å². The van der Waals surface area contributed by atoms with E-state index in [0.717, 1.165) is 17.3 Å². The Morgan fingerprint density at radius 2 is 2.18 bits per heavy atom. The van der Waals surface area contributed by atoms with Gasteiger partial charge in [0.15, 0.2) is 0 Å². The van der Waals surface area contributed by atoms with Crippen LogP contribution in [0.25, 0.3) is 11.0 Å². The largest absolute Gasteiger partial charge is 0.459 e. The molecule has 0 radical (unpaired) electrons. The van der Waals surface area contributed by atoms with Gasteiger partial charge in [-0.15, -0.1) is 0 Å². The van der Waals surface area contributed by atoms with Gasteiger partial charge in [-0.25, -0.2) is 0 Å². The maximum absolute atomic E-state index is 5.93. The zero-order valence-electron chi connectivity index (χ0n) is 10.3. The Morgan fingerprint density at radius 1 is 1.35 bits per heavy atom. The zero-order valence-corrected chi connectivity index (χ0v) is 10.3. The van der Waals surface area contributed by atoms with Crippen molar-refractivity contribution >= 4 is 11.0 Å². The summed E-state index contributed by atoms with van der Waals surface area (Å²) in [5.74, 6) is 1.97. The molecule has 0 aliphatic heterocycles. The number of benzene rings is 1. The van der Waals surface area contributed by atoms with Crippen LogP contribution in [0.4, 0.5) is 0 Å². The second kappa shape index (κ2) is 4.53. The molecule has 0 spiro atoms. The topological polar surface area (TPSA) is 25.2 Å². The molecule has 1 aromatic heterocycles. The van der Waals surface area contributed by atoms with E-state index in [4.69, 9.17) is 4.42 Å². The number of furan rings is 1. The van der Waals surface area contributed by atoms with Crippen molar-refractivity contribution < 1.29 is 4.42 Å². The SMILES string of the molecule is CNC(CC1CCC1)c1cc2ccccc2o1. The standard InChI is InChI=1S/C15H19NO/c1-16-13(9-11-5-4-6-11)15-10-12-7-2-3-8-14(12)17-15/h2-3,7-8,10-11,13,16H,4-6,9H2,1H3. The second-order valence-electron chi connectivity index (χ2n) is 5.06. The highest BCUT2D eigenvalue weighted by molar-refractivity contribution is 5.77. The minimum absolute atomic E-state index is 0.368. The summed E-state index contributed by atoms with van der Waals surface area (Å²) in [7, 11) is 2.02. The van der Waals surface area contributed by atoms with E-state index >= 15 is 0 Å². The third-order valence-electron chi connectivity index (χ3n) is 3.93. The van der Waals surface area contributed by atoms with Crippen LogP contribution in [0.15, 0.2) is 34.7 Å². The van der Waals surface area contributed by atoms with Gasteiger partial charge in [0.1, 0.15) is 11.3 Å². The summed E-state index contributed by atoms with van der Waals surface area (Å²) < 4.78 is 5.93. The van der Waals surface area contributed by atoms with Gasteiger partial charge in [0.25, 0.3) is 0 Å². The molecule has 1 atom stereocenters. The lowest BCUT2D eigenvalue weighted by Gasteiger charge is -2.28. The van der Waals surface area contributed by atoms with E-state index in [-0.39, 0.29) is 0 Å². The highest BCUT2D eigenvalue weighted by atomic mass is 16.3. The van der Waals surface area contributed by atoms with Crippen molar-refractivity contribution in [2.45, 2.75) is 31.7 Å². The summed E-state index contributed by atoms with van der Waals surface area (Å²) in [4.78, 5) is 0. The van der Waals surface area contributed by atoms with E-state index in [1.165, 1.54) is 31.1 Å². The number of fused-ring (bicyclic) bond motifs is 1. The Kier molecular flexibility index (Phi) is 2.89. The lowest BCUT2D eigenvalue weighted by atomic mass is 9.80. The van der Waals surface area contributed by atoms with Crippen molar-refractivity contribution in [3.05, 3.63) is 36.1 Å². The Labute approximate surface area is 102 Å². The highest BCUT2D eigenvalue weighted by Crippen LogP contribution is 2.35. The summed E-state index contributed by atoms with van der Waals surface area (Å²) in [6.07, 6.45) is 5.38. The Bertz CT molecular complexity index is 465. The number of hydrogen-bond donors (Lipinski definition) is 1. The first-order valence-corrected chi connectivity index (χ1v) is 6.52. The first-order chi connectivity index (χ1) is 8.36. The number of para-hydroxylation sites is 1. The van der Waals surface area contributed by atoms with Crippen LogP contribution in [0.1, 0.15) is 37.5 Å². The summed E-state index contributed by atoms with van der Waals surface area (Å²) >= 11 is 0. The van der Waals surface area contributed by atoms with E-state index in [1.807, 2.05) is 19.2 Å². The minimum atomic E-state index is 0.368. The molecule has 1 saturated carbocycles. The third kappa shape index (κ3) is 2.09. The smallest absolute Gasteiger partial charge is 0.134 e. The molecule has 1 N–H and O–H groups in total. The molecule has 1 aromatic carbocycles. The molecule has 1 aliphatic carbocycles. The van der Waals surface area contributed by atoms with Gasteiger partial charge in [-0.05, 0) is 31.5 Å². The van der Waals surface area contributed by atoms with Crippen LogP contribution in [0.3, 0.4) is 0 Å². The van der Waals surface area contributed by atoms with Crippen molar-refractivity contribution in [1.82, 2.24) is 5.32 Å². The van der Waals surface area contributed by atoms with Gasteiger partial charge in [0.05, 0.1) is 6.04 Å². The zero-order chi connectivity index (χ0) is 11.7.